The average molecular weight is 356 g/mol. The number of nitrogens with one attached hydrogen (secondary N) is 1. The number of benzene rings is 1. The number of aromatic nitrogens is 1. The summed E-state index contributed by atoms with van der Waals surface area (Å²) in [4.78, 5) is 15.6. The number of halogens is 3. The first-order chi connectivity index (χ1) is 11.4. The van der Waals surface area contributed by atoms with Gasteiger partial charge in [-0.15, -0.1) is 0 Å². The second-order valence-corrected chi connectivity index (χ2v) is 5.78. The van der Waals surface area contributed by atoms with Crippen molar-refractivity contribution in [2.45, 2.75) is 11.2 Å². The molecule has 1 amide bonds. The fourth-order valence-electron chi connectivity index (χ4n) is 1.94. The van der Waals surface area contributed by atoms with Crippen LogP contribution >= 0.6 is 11.8 Å². The summed E-state index contributed by atoms with van der Waals surface area (Å²) in [6, 6.07) is 7.17. The van der Waals surface area contributed by atoms with Crippen molar-refractivity contribution in [1.82, 2.24) is 4.98 Å². The van der Waals surface area contributed by atoms with Crippen LogP contribution in [-0.4, -0.2) is 23.4 Å². The van der Waals surface area contributed by atoms with Crippen LogP contribution in [0.3, 0.4) is 0 Å². The van der Waals surface area contributed by atoms with Crippen molar-refractivity contribution in [3.63, 3.8) is 0 Å². The first kappa shape index (κ1) is 16.4. The molecule has 24 heavy (non-hydrogen) atoms. The Kier molecular flexibility index (Phi) is 4.52. The smallest absolute Gasteiger partial charge is 0.417 e. The van der Waals surface area contributed by atoms with E-state index in [1.165, 1.54) is 6.07 Å². The summed E-state index contributed by atoms with van der Waals surface area (Å²) in [6.45, 7) is 0.141. The molecule has 3 rings (SSSR count). The summed E-state index contributed by atoms with van der Waals surface area (Å²) in [6.07, 6.45) is -3.68. The lowest BCUT2D eigenvalue weighted by molar-refractivity contribution is -0.137. The Labute approximate surface area is 139 Å². The number of hydrogen-bond acceptors (Lipinski definition) is 5. The molecule has 126 valence electrons. The molecule has 0 bridgehead atoms. The number of nitrogens with zero attached hydrogens (tertiary/aromatic N) is 1. The second-order valence-electron chi connectivity index (χ2n) is 4.79. The summed E-state index contributed by atoms with van der Waals surface area (Å²) in [5, 5.41) is 3.01. The molecular formula is C15H11F3N2O3S. The normalized spacial score (nSPS) is 13.0. The Morgan fingerprint density at radius 1 is 1.21 bits per heavy atom. The molecule has 0 spiro atoms. The highest BCUT2D eigenvalue weighted by atomic mass is 32.2. The molecule has 1 aromatic heterocycles. The fraction of sp³-hybridized carbons (Fsp3) is 0.200. The van der Waals surface area contributed by atoms with E-state index in [0.29, 0.717) is 22.2 Å². The molecular weight excluding hydrogens is 345 g/mol. The molecule has 1 aliphatic heterocycles. The molecule has 0 unspecified atom stereocenters. The zero-order valence-electron chi connectivity index (χ0n) is 12.1. The Hall–Kier alpha value is -2.42. The van der Waals surface area contributed by atoms with Gasteiger partial charge in [-0.1, -0.05) is 11.8 Å². The molecule has 1 aromatic carbocycles. The zero-order chi connectivity index (χ0) is 17.2. The number of alkyl halides is 3. The minimum Gasteiger partial charge on any atom is -0.454 e. The van der Waals surface area contributed by atoms with Crippen LogP contribution in [0.25, 0.3) is 0 Å². The molecule has 0 radical (unpaired) electrons. The van der Waals surface area contributed by atoms with E-state index in [-0.39, 0.29) is 18.5 Å². The largest absolute Gasteiger partial charge is 0.454 e. The van der Waals surface area contributed by atoms with Crippen LogP contribution in [0.4, 0.5) is 18.9 Å². The number of ether oxygens (including phenoxy) is 2. The molecule has 9 heteroatoms. The van der Waals surface area contributed by atoms with Crippen LogP contribution in [0.1, 0.15) is 5.56 Å². The minimum atomic E-state index is -4.42. The van der Waals surface area contributed by atoms with E-state index in [1.807, 2.05) is 0 Å². The van der Waals surface area contributed by atoms with Crippen molar-refractivity contribution < 1.29 is 27.4 Å². The van der Waals surface area contributed by atoms with E-state index >= 15 is 0 Å². The number of anilines is 1. The molecule has 2 aromatic rings. The SMILES string of the molecule is O=C(CSc1ccc(C(F)(F)F)cn1)Nc1ccc2c(c1)OCO2. The lowest BCUT2D eigenvalue weighted by Crippen LogP contribution is -2.14. The standard InChI is InChI=1S/C15H11F3N2O3S/c16-15(17,18)9-1-4-14(19-6-9)24-7-13(21)20-10-2-3-11-12(5-10)23-8-22-11/h1-6H,7-8H2,(H,20,21). The van der Waals surface area contributed by atoms with Gasteiger partial charge in [-0.2, -0.15) is 13.2 Å². The van der Waals surface area contributed by atoms with Gasteiger partial charge >= 0.3 is 6.18 Å². The van der Waals surface area contributed by atoms with E-state index in [9.17, 15) is 18.0 Å². The maximum absolute atomic E-state index is 12.4. The highest BCUT2D eigenvalue weighted by Gasteiger charge is 2.30. The van der Waals surface area contributed by atoms with Gasteiger partial charge in [0.2, 0.25) is 12.7 Å². The third-order valence-corrected chi connectivity index (χ3v) is 4.01. The van der Waals surface area contributed by atoms with Gasteiger partial charge in [0.1, 0.15) is 0 Å². The van der Waals surface area contributed by atoms with E-state index in [0.717, 1.165) is 24.0 Å². The van der Waals surface area contributed by atoms with Gasteiger partial charge < -0.3 is 14.8 Å². The lowest BCUT2D eigenvalue weighted by atomic mass is 10.3. The molecule has 0 saturated carbocycles. The lowest BCUT2D eigenvalue weighted by Gasteiger charge is -2.07. The van der Waals surface area contributed by atoms with Gasteiger partial charge in [0.25, 0.3) is 0 Å². The van der Waals surface area contributed by atoms with Crippen LogP contribution < -0.4 is 14.8 Å². The number of carbonyl (C=O) groups excluding carboxylic acids is 1. The van der Waals surface area contributed by atoms with Gasteiger partial charge in [0.15, 0.2) is 11.5 Å². The summed E-state index contributed by atoms with van der Waals surface area (Å²) in [7, 11) is 0. The number of rotatable bonds is 4. The van der Waals surface area contributed by atoms with Crippen LogP contribution in [-0.2, 0) is 11.0 Å². The van der Waals surface area contributed by atoms with Gasteiger partial charge in [-0.25, -0.2) is 4.98 Å². The van der Waals surface area contributed by atoms with Gasteiger partial charge in [0, 0.05) is 18.0 Å². The maximum Gasteiger partial charge on any atom is 0.417 e. The summed E-state index contributed by atoms with van der Waals surface area (Å²) in [5.41, 5.74) is -0.276. The highest BCUT2D eigenvalue weighted by molar-refractivity contribution is 7.99. The Bertz CT molecular complexity index is 751. The van der Waals surface area contributed by atoms with Gasteiger partial charge in [-0.3, -0.25) is 4.79 Å². The summed E-state index contributed by atoms with van der Waals surface area (Å²) in [5.74, 6) is 0.869. The topological polar surface area (TPSA) is 60.5 Å². The van der Waals surface area contributed by atoms with Gasteiger partial charge in [-0.05, 0) is 24.3 Å². The molecule has 2 heterocycles. The Morgan fingerprint density at radius 3 is 2.71 bits per heavy atom. The first-order valence-corrected chi connectivity index (χ1v) is 7.76. The fourth-order valence-corrected chi connectivity index (χ4v) is 2.59. The summed E-state index contributed by atoms with van der Waals surface area (Å²) >= 11 is 1.05. The predicted octanol–water partition coefficient (Wildman–Crippen LogP) is 3.56. The summed E-state index contributed by atoms with van der Waals surface area (Å²) < 4.78 is 47.7. The number of hydrogen-bond donors (Lipinski definition) is 1. The maximum atomic E-state index is 12.4. The van der Waals surface area contributed by atoms with Crippen molar-refractivity contribution in [2.75, 3.05) is 17.9 Å². The number of fused-ring (bicyclic) bond motifs is 1. The van der Waals surface area contributed by atoms with E-state index in [1.54, 1.807) is 18.2 Å². The predicted molar refractivity (Wildman–Crippen MR) is 81.2 cm³/mol. The molecule has 1 aliphatic rings. The van der Waals surface area contributed by atoms with Crippen molar-refractivity contribution in [1.29, 1.82) is 0 Å². The van der Waals surface area contributed by atoms with Crippen LogP contribution in [0.2, 0.25) is 0 Å². The first-order valence-electron chi connectivity index (χ1n) is 6.77. The van der Waals surface area contributed by atoms with Crippen LogP contribution in [0.5, 0.6) is 11.5 Å². The number of carbonyl (C=O) groups is 1. The van der Waals surface area contributed by atoms with E-state index in [4.69, 9.17) is 9.47 Å². The zero-order valence-corrected chi connectivity index (χ0v) is 12.9. The van der Waals surface area contributed by atoms with E-state index < -0.39 is 11.7 Å². The molecule has 0 aliphatic carbocycles. The number of pyridine rings is 1. The highest BCUT2D eigenvalue weighted by Crippen LogP contribution is 2.34. The molecule has 1 N–H and O–H groups in total. The molecule has 5 nitrogen and oxygen atoms in total. The van der Waals surface area contributed by atoms with Crippen molar-refractivity contribution in [3.05, 3.63) is 42.1 Å². The Balaban J connectivity index is 1.54. The molecule has 0 fully saturated rings. The minimum absolute atomic E-state index is 0.0206. The van der Waals surface area contributed by atoms with E-state index in [2.05, 4.69) is 10.3 Å². The van der Waals surface area contributed by atoms with Crippen molar-refractivity contribution >= 4 is 23.4 Å². The average Bonchev–Trinajstić information content (AvgIpc) is 3.00. The van der Waals surface area contributed by atoms with Crippen molar-refractivity contribution in [3.8, 4) is 11.5 Å². The van der Waals surface area contributed by atoms with Crippen LogP contribution in [0, 0.1) is 0 Å². The number of amides is 1. The van der Waals surface area contributed by atoms with Crippen LogP contribution in [0.15, 0.2) is 41.6 Å². The molecule has 0 atom stereocenters. The third kappa shape index (κ3) is 3.91. The second kappa shape index (κ2) is 6.60. The van der Waals surface area contributed by atoms with Crippen molar-refractivity contribution in [2.24, 2.45) is 0 Å². The Morgan fingerprint density at radius 2 is 2.00 bits per heavy atom. The third-order valence-electron chi connectivity index (χ3n) is 3.07. The monoisotopic (exact) mass is 356 g/mol. The molecule has 0 saturated heterocycles. The number of thioether (sulfide) groups is 1. The quantitative estimate of drug-likeness (QED) is 0.849. The van der Waals surface area contributed by atoms with Gasteiger partial charge in [0.05, 0.1) is 16.3 Å².